The summed E-state index contributed by atoms with van der Waals surface area (Å²) in [6.07, 6.45) is 6.68. The quantitative estimate of drug-likeness (QED) is 0.530. The molecule has 2 N–H and O–H groups in total. The second-order valence-electron chi connectivity index (χ2n) is 9.15. The molecule has 4 saturated carbocycles. The van der Waals surface area contributed by atoms with E-state index in [0.29, 0.717) is 23.3 Å². The first kappa shape index (κ1) is 20.6. The highest BCUT2D eigenvalue weighted by Crippen LogP contribution is 2.55. The molecule has 7 heteroatoms. The third-order valence-corrected chi connectivity index (χ3v) is 6.69. The molecule has 5 rings (SSSR count). The number of carbonyl (C=O) groups excluding carboxylic acids is 4. The molecule has 4 bridgehead atoms. The summed E-state index contributed by atoms with van der Waals surface area (Å²) in [6, 6.07) is 8.17. The molecule has 0 aromatic heterocycles. The van der Waals surface area contributed by atoms with Crippen LogP contribution in [0.3, 0.4) is 0 Å². The Kier molecular flexibility index (Phi) is 5.88. The first-order chi connectivity index (χ1) is 14.4. The van der Waals surface area contributed by atoms with Gasteiger partial charge in [0.1, 0.15) is 0 Å². The monoisotopic (exact) mass is 412 g/mol. The van der Waals surface area contributed by atoms with Gasteiger partial charge in [-0.05, 0) is 56.3 Å². The molecule has 0 spiro atoms. The first-order valence-corrected chi connectivity index (χ1v) is 10.8. The largest absolute Gasteiger partial charge is 0.456 e. The minimum absolute atomic E-state index is 0.0109. The van der Waals surface area contributed by atoms with Crippen molar-refractivity contribution in [2.45, 2.75) is 56.9 Å². The molecule has 7 nitrogen and oxygen atoms in total. The molecule has 4 aliphatic carbocycles. The number of carbonyl (C=O) groups is 4. The number of hydrogen-bond acceptors (Lipinski definition) is 5. The zero-order valence-electron chi connectivity index (χ0n) is 17.0. The van der Waals surface area contributed by atoms with Gasteiger partial charge in [0, 0.05) is 17.5 Å². The summed E-state index contributed by atoms with van der Waals surface area (Å²) in [7, 11) is 0. The molecule has 1 aromatic carbocycles. The maximum absolute atomic E-state index is 12.3. The number of ketones is 1. The van der Waals surface area contributed by atoms with E-state index < -0.39 is 24.5 Å². The predicted octanol–water partition coefficient (Wildman–Crippen LogP) is 2.99. The van der Waals surface area contributed by atoms with Gasteiger partial charge < -0.3 is 10.1 Å². The highest BCUT2D eigenvalue weighted by Gasteiger charge is 2.51. The summed E-state index contributed by atoms with van der Waals surface area (Å²) in [6.45, 7) is -0.535. The Morgan fingerprint density at radius 2 is 1.50 bits per heavy atom. The van der Waals surface area contributed by atoms with E-state index in [9.17, 15) is 19.2 Å². The standard InChI is InChI=1S/C23H28N2O5/c26-19(18-4-2-1-3-5-18)6-7-21(28)30-14-20(27)24-22(29)25-23-11-15-8-16(12-23)10-17(9-15)13-23/h1-5,15-17H,6-14H2,(H2,24,25,27,29). The van der Waals surface area contributed by atoms with Crippen molar-refractivity contribution in [2.24, 2.45) is 17.8 Å². The summed E-state index contributed by atoms with van der Waals surface area (Å²) in [4.78, 5) is 48.1. The Bertz CT molecular complexity index is 800. The van der Waals surface area contributed by atoms with Crippen LogP contribution < -0.4 is 10.6 Å². The third kappa shape index (κ3) is 4.89. The highest BCUT2D eigenvalue weighted by atomic mass is 16.5. The van der Waals surface area contributed by atoms with E-state index in [0.717, 1.165) is 19.3 Å². The van der Waals surface area contributed by atoms with Crippen LogP contribution in [0.1, 0.15) is 61.7 Å². The van der Waals surface area contributed by atoms with Crippen molar-refractivity contribution >= 4 is 23.7 Å². The van der Waals surface area contributed by atoms with Gasteiger partial charge >= 0.3 is 12.0 Å². The van der Waals surface area contributed by atoms with Gasteiger partial charge in [-0.15, -0.1) is 0 Å². The van der Waals surface area contributed by atoms with Gasteiger partial charge in [-0.3, -0.25) is 19.7 Å². The second kappa shape index (κ2) is 8.58. The third-order valence-electron chi connectivity index (χ3n) is 6.69. The van der Waals surface area contributed by atoms with Gasteiger partial charge in [-0.2, -0.15) is 0 Å². The second-order valence-corrected chi connectivity index (χ2v) is 9.15. The van der Waals surface area contributed by atoms with Crippen molar-refractivity contribution in [3.63, 3.8) is 0 Å². The summed E-state index contributed by atoms with van der Waals surface area (Å²) < 4.78 is 4.90. The van der Waals surface area contributed by atoms with Crippen molar-refractivity contribution in [1.82, 2.24) is 10.6 Å². The molecule has 0 radical (unpaired) electrons. The number of amides is 3. The number of benzene rings is 1. The van der Waals surface area contributed by atoms with Gasteiger partial charge in [-0.25, -0.2) is 4.79 Å². The van der Waals surface area contributed by atoms with Crippen LogP contribution in [-0.4, -0.2) is 35.8 Å². The van der Waals surface area contributed by atoms with Crippen molar-refractivity contribution in [3.05, 3.63) is 35.9 Å². The smallest absolute Gasteiger partial charge is 0.321 e. The van der Waals surface area contributed by atoms with Crippen LogP contribution in [0.5, 0.6) is 0 Å². The molecule has 1 aromatic rings. The minimum atomic E-state index is -0.667. The molecular formula is C23H28N2O5. The zero-order chi connectivity index (χ0) is 21.1. The van der Waals surface area contributed by atoms with Gasteiger partial charge in [0.05, 0.1) is 6.42 Å². The predicted molar refractivity (Wildman–Crippen MR) is 109 cm³/mol. The lowest BCUT2D eigenvalue weighted by molar-refractivity contribution is -0.148. The molecule has 4 fully saturated rings. The van der Waals surface area contributed by atoms with Gasteiger partial charge in [-0.1, -0.05) is 30.3 Å². The topological polar surface area (TPSA) is 102 Å². The summed E-state index contributed by atoms with van der Waals surface area (Å²) in [5.74, 6) is 0.591. The van der Waals surface area contributed by atoms with E-state index in [1.165, 1.54) is 19.3 Å². The molecule has 30 heavy (non-hydrogen) atoms. The van der Waals surface area contributed by atoms with Crippen molar-refractivity contribution < 1.29 is 23.9 Å². The fraction of sp³-hybridized carbons (Fsp3) is 0.565. The maximum Gasteiger partial charge on any atom is 0.321 e. The Morgan fingerprint density at radius 3 is 2.10 bits per heavy atom. The van der Waals surface area contributed by atoms with E-state index >= 15 is 0 Å². The van der Waals surface area contributed by atoms with Crippen molar-refractivity contribution in [2.75, 3.05) is 6.61 Å². The minimum Gasteiger partial charge on any atom is -0.456 e. The summed E-state index contributed by atoms with van der Waals surface area (Å²) >= 11 is 0. The van der Waals surface area contributed by atoms with Crippen LogP contribution in [0.4, 0.5) is 4.79 Å². The van der Waals surface area contributed by atoms with Crippen LogP contribution in [0.2, 0.25) is 0 Å². The maximum atomic E-state index is 12.3. The van der Waals surface area contributed by atoms with Crippen LogP contribution in [0.15, 0.2) is 30.3 Å². The van der Waals surface area contributed by atoms with Gasteiger partial charge in [0.2, 0.25) is 0 Å². The number of esters is 1. The van der Waals surface area contributed by atoms with E-state index in [1.54, 1.807) is 24.3 Å². The Morgan fingerprint density at radius 1 is 0.900 bits per heavy atom. The number of Topliss-reactive ketones (excluding diaryl/α,β-unsaturated/α-hetero) is 1. The summed E-state index contributed by atoms with van der Waals surface area (Å²) in [5.41, 5.74) is 0.345. The molecule has 160 valence electrons. The average molecular weight is 412 g/mol. The first-order valence-electron chi connectivity index (χ1n) is 10.8. The average Bonchev–Trinajstić information content (AvgIpc) is 2.69. The number of hydrogen-bond donors (Lipinski definition) is 2. The van der Waals surface area contributed by atoms with Crippen LogP contribution in [0, 0.1) is 17.8 Å². The molecule has 0 unspecified atom stereocenters. The number of ether oxygens (including phenoxy) is 1. The van der Waals surface area contributed by atoms with E-state index in [-0.39, 0.29) is 24.2 Å². The van der Waals surface area contributed by atoms with Crippen LogP contribution in [0.25, 0.3) is 0 Å². The molecule has 0 heterocycles. The van der Waals surface area contributed by atoms with Gasteiger partial charge in [0.25, 0.3) is 5.91 Å². The zero-order valence-corrected chi connectivity index (χ0v) is 17.0. The van der Waals surface area contributed by atoms with Crippen molar-refractivity contribution in [3.8, 4) is 0 Å². The fourth-order valence-electron chi connectivity index (χ4n) is 5.90. The Hall–Kier alpha value is -2.70. The lowest BCUT2D eigenvalue weighted by Crippen LogP contribution is -2.62. The van der Waals surface area contributed by atoms with Crippen molar-refractivity contribution in [1.29, 1.82) is 0 Å². The van der Waals surface area contributed by atoms with E-state index in [4.69, 9.17) is 4.74 Å². The molecule has 4 aliphatic rings. The van der Waals surface area contributed by atoms with E-state index in [2.05, 4.69) is 10.6 Å². The molecular weight excluding hydrogens is 384 g/mol. The molecule has 0 aliphatic heterocycles. The molecule has 0 atom stereocenters. The van der Waals surface area contributed by atoms with E-state index in [1.807, 2.05) is 6.07 Å². The highest BCUT2D eigenvalue weighted by molar-refractivity contribution is 5.98. The number of nitrogens with one attached hydrogen (secondary N) is 2. The fourth-order valence-corrected chi connectivity index (χ4v) is 5.90. The molecule has 0 saturated heterocycles. The number of urea groups is 1. The SMILES string of the molecule is O=C(COC(=O)CCC(=O)c1ccccc1)NC(=O)NC12CC3CC(CC(C3)C1)C2. The summed E-state index contributed by atoms with van der Waals surface area (Å²) in [5, 5.41) is 5.31. The normalized spacial score (nSPS) is 28.6. The Labute approximate surface area is 175 Å². The number of rotatable bonds is 7. The van der Waals surface area contributed by atoms with Crippen LogP contribution in [-0.2, 0) is 14.3 Å². The van der Waals surface area contributed by atoms with Crippen LogP contribution >= 0.6 is 0 Å². The van der Waals surface area contributed by atoms with Gasteiger partial charge in [0.15, 0.2) is 12.4 Å². The number of imide groups is 1. The Balaban J connectivity index is 1.16. The molecule has 3 amide bonds. The lowest BCUT2D eigenvalue weighted by atomic mass is 9.53. The lowest BCUT2D eigenvalue weighted by Gasteiger charge is -2.56.